The molecule has 0 saturated heterocycles. The highest BCUT2D eigenvalue weighted by atomic mass is 32.1. The quantitative estimate of drug-likeness (QED) is 0.599. The summed E-state index contributed by atoms with van der Waals surface area (Å²) in [5.41, 5.74) is 0. The van der Waals surface area contributed by atoms with Crippen LogP contribution in [0.15, 0.2) is 11.4 Å². The van der Waals surface area contributed by atoms with Crippen molar-refractivity contribution >= 4 is 27.4 Å². The number of amides is 1. The summed E-state index contributed by atoms with van der Waals surface area (Å²) in [7, 11) is 0. The Bertz CT molecular complexity index is 338. The maximum absolute atomic E-state index is 11.3. The van der Waals surface area contributed by atoms with Crippen molar-refractivity contribution in [1.29, 1.82) is 0 Å². The van der Waals surface area contributed by atoms with Gasteiger partial charge in [-0.1, -0.05) is 31.1 Å². The fourth-order valence-corrected chi connectivity index (χ4v) is 1.69. The molecule has 82 valence electrons. The van der Waals surface area contributed by atoms with Crippen LogP contribution in [0.2, 0.25) is 0 Å². The molecule has 0 spiro atoms. The number of anilines is 1. The van der Waals surface area contributed by atoms with E-state index < -0.39 is 0 Å². The van der Waals surface area contributed by atoms with E-state index in [1.807, 2.05) is 0 Å². The van der Waals surface area contributed by atoms with Crippen LogP contribution in [0.3, 0.4) is 0 Å². The van der Waals surface area contributed by atoms with Gasteiger partial charge in [0.05, 0.1) is 6.20 Å². The lowest BCUT2D eigenvalue weighted by molar-refractivity contribution is -0.116. The molecule has 0 aliphatic carbocycles. The van der Waals surface area contributed by atoms with Gasteiger partial charge in [-0.3, -0.25) is 4.79 Å². The van der Waals surface area contributed by atoms with E-state index in [-0.39, 0.29) is 10.9 Å². The zero-order valence-corrected chi connectivity index (χ0v) is 9.34. The molecule has 1 aromatic rings. The topological polar surface area (TPSA) is 71.4 Å². The monoisotopic (exact) mass is 227 g/mol. The van der Waals surface area contributed by atoms with Crippen LogP contribution in [0.25, 0.3) is 0 Å². The number of nitroso groups, excluding NO2 is 1. The fourth-order valence-electron chi connectivity index (χ4n) is 1.08. The Balaban J connectivity index is 2.34. The number of nitrogens with zero attached hydrogens (tertiary/aromatic N) is 2. The second-order valence-electron chi connectivity index (χ2n) is 3.10. The summed E-state index contributed by atoms with van der Waals surface area (Å²) >= 11 is 1.08. The maximum Gasteiger partial charge on any atom is 0.226 e. The minimum Gasteiger partial charge on any atom is -0.302 e. The van der Waals surface area contributed by atoms with Crippen molar-refractivity contribution < 1.29 is 4.79 Å². The highest BCUT2D eigenvalue weighted by Crippen LogP contribution is 2.25. The Morgan fingerprint density at radius 3 is 3.00 bits per heavy atom. The minimum absolute atomic E-state index is 0.0600. The first-order valence-corrected chi connectivity index (χ1v) is 5.67. The zero-order valence-electron chi connectivity index (χ0n) is 8.52. The second kappa shape index (κ2) is 6.23. The predicted octanol–water partition coefficient (Wildman–Crippen LogP) is 3.06. The third-order valence-electron chi connectivity index (χ3n) is 1.84. The Labute approximate surface area is 91.9 Å². The second-order valence-corrected chi connectivity index (χ2v) is 4.11. The van der Waals surface area contributed by atoms with Gasteiger partial charge in [-0.15, -0.1) is 4.91 Å². The summed E-state index contributed by atoms with van der Waals surface area (Å²) in [4.78, 5) is 25.3. The predicted molar refractivity (Wildman–Crippen MR) is 60.3 cm³/mol. The number of nitrogens with one attached hydrogen (secondary N) is 1. The van der Waals surface area contributed by atoms with Crippen LogP contribution in [0.5, 0.6) is 0 Å². The molecule has 0 aliphatic rings. The molecule has 0 aromatic carbocycles. The molecule has 0 unspecified atom stereocenters. The SMILES string of the molecule is CCCCCC(=O)Nc1ncc(N=O)s1. The van der Waals surface area contributed by atoms with Gasteiger partial charge >= 0.3 is 0 Å². The van der Waals surface area contributed by atoms with Crippen molar-refractivity contribution in [3.05, 3.63) is 11.1 Å². The molecule has 0 fully saturated rings. The van der Waals surface area contributed by atoms with Crippen LogP contribution >= 0.6 is 11.3 Å². The summed E-state index contributed by atoms with van der Waals surface area (Å²) in [5, 5.41) is 6.07. The lowest BCUT2D eigenvalue weighted by atomic mass is 10.2. The smallest absolute Gasteiger partial charge is 0.226 e. The van der Waals surface area contributed by atoms with Crippen LogP contribution in [-0.4, -0.2) is 10.9 Å². The van der Waals surface area contributed by atoms with Crippen molar-refractivity contribution in [3.63, 3.8) is 0 Å². The molecule has 0 saturated carbocycles. The van der Waals surface area contributed by atoms with Gasteiger partial charge in [0.15, 0.2) is 10.1 Å². The molecule has 0 radical (unpaired) electrons. The molecule has 0 atom stereocenters. The summed E-state index contributed by atoms with van der Waals surface area (Å²) in [5.74, 6) is -0.0600. The molecule has 1 heterocycles. The standard InChI is InChI=1S/C9H13N3O2S/c1-2-3-4-5-7(13)11-9-10-6-8(12-14)15-9/h6H,2-5H2,1H3,(H,10,11,13). The van der Waals surface area contributed by atoms with Gasteiger partial charge < -0.3 is 5.32 Å². The van der Waals surface area contributed by atoms with Crippen molar-refractivity contribution in [3.8, 4) is 0 Å². The van der Waals surface area contributed by atoms with Gasteiger partial charge in [-0.25, -0.2) is 4.98 Å². The Morgan fingerprint density at radius 1 is 1.60 bits per heavy atom. The van der Waals surface area contributed by atoms with E-state index in [0.29, 0.717) is 11.6 Å². The van der Waals surface area contributed by atoms with E-state index in [0.717, 1.165) is 30.6 Å². The first-order chi connectivity index (χ1) is 7.26. The number of rotatable bonds is 6. The number of carbonyl (C=O) groups excluding carboxylic acids is 1. The Morgan fingerprint density at radius 2 is 2.40 bits per heavy atom. The molecule has 1 amide bonds. The molecule has 15 heavy (non-hydrogen) atoms. The van der Waals surface area contributed by atoms with E-state index in [1.54, 1.807) is 0 Å². The van der Waals surface area contributed by atoms with Gasteiger partial charge in [0.2, 0.25) is 5.91 Å². The van der Waals surface area contributed by atoms with E-state index in [4.69, 9.17) is 0 Å². The van der Waals surface area contributed by atoms with Gasteiger partial charge in [-0.05, 0) is 11.6 Å². The molecule has 1 aromatic heterocycles. The summed E-state index contributed by atoms with van der Waals surface area (Å²) in [6.45, 7) is 2.08. The summed E-state index contributed by atoms with van der Waals surface area (Å²) in [6, 6.07) is 0. The van der Waals surface area contributed by atoms with Gasteiger partial charge in [0.25, 0.3) is 0 Å². The molecule has 6 heteroatoms. The van der Waals surface area contributed by atoms with E-state index in [9.17, 15) is 9.70 Å². The van der Waals surface area contributed by atoms with E-state index in [2.05, 4.69) is 22.4 Å². The number of hydrogen-bond donors (Lipinski definition) is 1. The van der Waals surface area contributed by atoms with E-state index in [1.165, 1.54) is 6.20 Å². The molecular weight excluding hydrogens is 214 g/mol. The van der Waals surface area contributed by atoms with Gasteiger partial charge in [0, 0.05) is 6.42 Å². The van der Waals surface area contributed by atoms with Crippen molar-refractivity contribution in [1.82, 2.24) is 4.98 Å². The Kier molecular flexibility index (Phi) is 4.89. The molecular formula is C9H13N3O2S. The molecule has 1 rings (SSSR count). The van der Waals surface area contributed by atoms with Gasteiger partial charge in [0.1, 0.15) is 0 Å². The van der Waals surface area contributed by atoms with Crippen LogP contribution in [0.1, 0.15) is 32.6 Å². The summed E-state index contributed by atoms with van der Waals surface area (Å²) < 4.78 is 0. The third kappa shape index (κ3) is 4.16. The molecule has 0 bridgehead atoms. The molecule has 0 aliphatic heterocycles. The van der Waals surface area contributed by atoms with Crippen LogP contribution in [-0.2, 0) is 4.79 Å². The van der Waals surface area contributed by atoms with Crippen LogP contribution < -0.4 is 5.32 Å². The lowest BCUT2D eigenvalue weighted by Gasteiger charge is -1.99. The first-order valence-electron chi connectivity index (χ1n) is 4.85. The van der Waals surface area contributed by atoms with Crippen LogP contribution in [0, 0.1) is 4.91 Å². The lowest BCUT2D eigenvalue weighted by Crippen LogP contribution is -2.10. The molecule has 5 nitrogen and oxygen atoms in total. The van der Waals surface area contributed by atoms with Gasteiger partial charge in [-0.2, -0.15) is 0 Å². The number of hydrogen-bond acceptors (Lipinski definition) is 5. The van der Waals surface area contributed by atoms with E-state index >= 15 is 0 Å². The van der Waals surface area contributed by atoms with Crippen molar-refractivity contribution in [2.75, 3.05) is 5.32 Å². The highest BCUT2D eigenvalue weighted by molar-refractivity contribution is 7.19. The minimum atomic E-state index is -0.0600. The maximum atomic E-state index is 11.3. The normalized spacial score (nSPS) is 9.93. The number of unbranched alkanes of at least 4 members (excludes halogenated alkanes) is 2. The van der Waals surface area contributed by atoms with Crippen LogP contribution in [0.4, 0.5) is 10.1 Å². The summed E-state index contributed by atoms with van der Waals surface area (Å²) in [6.07, 6.45) is 4.86. The largest absolute Gasteiger partial charge is 0.302 e. The third-order valence-corrected chi connectivity index (χ3v) is 2.63. The average molecular weight is 227 g/mol. The first kappa shape index (κ1) is 11.8. The number of thiazole rings is 1. The highest BCUT2D eigenvalue weighted by Gasteiger charge is 2.06. The van der Waals surface area contributed by atoms with Crippen molar-refractivity contribution in [2.45, 2.75) is 32.6 Å². The number of carbonyl (C=O) groups is 1. The average Bonchev–Trinajstić information content (AvgIpc) is 2.66. The Hall–Kier alpha value is -1.30. The van der Waals surface area contributed by atoms with Crippen molar-refractivity contribution in [2.24, 2.45) is 5.18 Å². The molecule has 1 N–H and O–H groups in total. The number of aromatic nitrogens is 1. The zero-order chi connectivity index (χ0) is 11.1. The fraction of sp³-hybridized carbons (Fsp3) is 0.556.